The zero-order valence-electron chi connectivity index (χ0n) is 8.82. The van der Waals surface area contributed by atoms with Gasteiger partial charge < -0.3 is 5.73 Å². The van der Waals surface area contributed by atoms with Crippen molar-refractivity contribution in [1.82, 2.24) is 9.97 Å². The molecule has 2 N–H and O–H groups in total. The van der Waals surface area contributed by atoms with Crippen molar-refractivity contribution in [3.05, 3.63) is 17.0 Å². The first-order valence-electron chi connectivity index (χ1n) is 5.32. The van der Waals surface area contributed by atoms with Crippen molar-refractivity contribution in [2.24, 2.45) is 0 Å². The van der Waals surface area contributed by atoms with E-state index in [2.05, 4.69) is 23.0 Å². The highest BCUT2D eigenvalue weighted by Crippen LogP contribution is 2.41. The Labute approximate surface area is 89.2 Å². The van der Waals surface area contributed by atoms with E-state index in [-0.39, 0.29) is 0 Å². The molecule has 0 radical (unpaired) electrons. The number of nitrogen functional groups attached to an aromatic ring is 1. The van der Waals surface area contributed by atoms with Gasteiger partial charge in [-0.1, -0.05) is 13.3 Å². The van der Waals surface area contributed by atoms with Crippen LogP contribution in [0.1, 0.15) is 49.1 Å². The van der Waals surface area contributed by atoms with Crippen LogP contribution in [0.2, 0.25) is 0 Å². The Balaban J connectivity index is 2.48. The van der Waals surface area contributed by atoms with Gasteiger partial charge in [-0.05, 0) is 19.3 Å². The molecule has 1 aromatic rings. The number of rotatable bonds is 3. The van der Waals surface area contributed by atoms with Crippen LogP contribution in [0.4, 0.5) is 5.95 Å². The summed E-state index contributed by atoms with van der Waals surface area (Å²) in [4.78, 5) is 8.34. The van der Waals surface area contributed by atoms with Crippen molar-refractivity contribution >= 4 is 5.95 Å². The second kappa shape index (κ2) is 3.85. The summed E-state index contributed by atoms with van der Waals surface area (Å²) in [6.07, 6.45) is 4.01. The Morgan fingerprint density at radius 3 is 2.73 bits per heavy atom. The summed E-state index contributed by atoms with van der Waals surface area (Å²) >= 11 is 0. The van der Waals surface area contributed by atoms with E-state index in [4.69, 9.17) is 11.0 Å². The number of nitriles is 1. The SMILES string of the molecule is CCCc1nc(N)nc(C2CC2)c1C#N. The monoisotopic (exact) mass is 202 g/mol. The minimum Gasteiger partial charge on any atom is -0.368 e. The Bertz CT molecular complexity index is 415. The predicted octanol–water partition coefficient (Wildman–Crippen LogP) is 1.76. The lowest BCUT2D eigenvalue weighted by Crippen LogP contribution is -2.07. The second-order valence-electron chi connectivity index (χ2n) is 3.92. The maximum Gasteiger partial charge on any atom is 0.220 e. The number of nitrogens with zero attached hydrogens (tertiary/aromatic N) is 3. The molecule has 0 saturated heterocycles. The number of anilines is 1. The van der Waals surface area contributed by atoms with E-state index in [0.29, 0.717) is 17.4 Å². The van der Waals surface area contributed by atoms with Crippen LogP contribution in [0.3, 0.4) is 0 Å². The van der Waals surface area contributed by atoms with Gasteiger partial charge >= 0.3 is 0 Å². The summed E-state index contributed by atoms with van der Waals surface area (Å²) in [6.45, 7) is 2.07. The van der Waals surface area contributed by atoms with Gasteiger partial charge in [0.05, 0.1) is 17.0 Å². The van der Waals surface area contributed by atoms with Gasteiger partial charge in [0.2, 0.25) is 5.95 Å². The zero-order valence-corrected chi connectivity index (χ0v) is 8.82. The van der Waals surface area contributed by atoms with Gasteiger partial charge in [0.15, 0.2) is 0 Å². The third-order valence-corrected chi connectivity index (χ3v) is 2.59. The third kappa shape index (κ3) is 1.91. The molecule has 1 saturated carbocycles. The first kappa shape index (κ1) is 9.91. The molecule has 0 amide bonds. The van der Waals surface area contributed by atoms with Crippen LogP contribution in [0.25, 0.3) is 0 Å². The quantitative estimate of drug-likeness (QED) is 0.810. The molecular formula is C11H14N4. The van der Waals surface area contributed by atoms with Crippen LogP contribution >= 0.6 is 0 Å². The molecule has 1 aliphatic rings. The van der Waals surface area contributed by atoms with Crippen LogP contribution in [0.15, 0.2) is 0 Å². The van der Waals surface area contributed by atoms with Gasteiger partial charge in [0.25, 0.3) is 0 Å². The standard InChI is InChI=1S/C11H14N4/c1-2-3-9-8(6-12)10(7-4-5-7)15-11(13)14-9/h7H,2-5H2,1H3,(H2,13,14,15). The van der Waals surface area contributed by atoms with Crippen molar-refractivity contribution in [3.8, 4) is 6.07 Å². The molecule has 4 heteroatoms. The highest BCUT2D eigenvalue weighted by Gasteiger charge is 2.29. The predicted molar refractivity (Wildman–Crippen MR) is 57.1 cm³/mol. The first-order valence-corrected chi connectivity index (χ1v) is 5.32. The van der Waals surface area contributed by atoms with Crippen LogP contribution in [-0.2, 0) is 6.42 Å². The highest BCUT2D eigenvalue weighted by atomic mass is 15.0. The Morgan fingerprint density at radius 2 is 2.20 bits per heavy atom. The fourth-order valence-corrected chi connectivity index (χ4v) is 1.74. The number of aryl methyl sites for hydroxylation is 1. The molecule has 0 aliphatic heterocycles. The van der Waals surface area contributed by atoms with Crippen molar-refractivity contribution in [3.63, 3.8) is 0 Å². The Morgan fingerprint density at radius 1 is 1.47 bits per heavy atom. The van der Waals surface area contributed by atoms with Crippen molar-refractivity contribution in [1.29, 1.82) is 5.26 Å². The highest BCUT2D eigenvalue weighted by molar-refractivity contribution is 5.44. The topological polar surface area (TPSA) is 75.6 Å². The number of hydrogen-bond acceptors (Lipinski definition) is 4. The Hall–Kier alpha value is -1.63. The normalized spacial score (nSPS) is 14.9. The fraction of sp³-hybridized carbons (Fsp3) is 0.545. The van der Waals surface area contributed by atoms with E-state index >= 15 is 0 Å². The van der Waals surface area contributed by atoms with Gasteiger partial charge in [-0.25, -0.2) is 9.97 Å². The molecule has 4 nitrogen and oxygen atoms in total. The van der Waals surface area contributed by atoms with E-state index in [9.17, 15) is 0 Å². The van der Waals surface area contributed by atoms with Gasteiger partial charge in [0, 0.05) is 5.92 Å². The molecule has 1 fully saturated rings. The summed E-state index contributed by atoms with van der Waals surface area (Å²) < 4.78 is 0. The van der Waals surface area contributed by atoms with Crippen LogP contribution in [-0.4, -0.2) is 9.97 Å². The first-order chi connectivity index (χ1) is 7.26. The van der Waals surface area contributed by atoms with E-state index < -0.39 is 0 Å². The summed E-state index contributed by atoms with van der Waals surface area (Å²) in [5.74, 6) is 0.750. The molecular weight excluding hydrogens is 188 g/mol. The summed E-state index contributed by atoms with van der Waals surface area (Å²) in [5.41, 5.74) is 7.99. The zero-order chi connectivity index (χ0) is 10.8. The summed E-state index contributed by atoms with van der Waals surface area (Å²) in [5, 5.41) is 9.12. The van der Waals surface area contributed by atoms with Gasteiger partial charge in [0.1, 0.15) is 6.07 Å². The van der Waals surface area contributed by atoms with E-state index in [1.54, 1.807) is 0 Å². The maximum atomic E-state index is 9.12. The summed E-state index contributed by atoms with van der Waals surface area (Å²) in [7, 11) is 0. The average Bonchev–Trinajstić information content (AvgIpc) is 3.00. The van der Waals surface area contributed by atoms with Crippen molar-refractivity contribution in [2.45, 2.75) is 38.5 Å². The molecule has 78 valence electrons. The lowest BCUT2D eigenvalue weighted by Gasteiger charge is -2.07. The molecule has 0 spiro atoms. The van der Waals surface area contributed by atoms with E-state index in [1.165, 1.54) is 0 Å². The van der Waals surface area contributed by atoms with Gasteiger partial charge in [-0.15, -0.1) is 0 Å². The minimum absolute atomic E-state index is 0.305. The smallest absolute Gasteiger partial charge is 0.220 e. The lowest BCUT2D eigenvalue weighted by molar-refractivity contribution is 0.852. The van der Waals surface area contributed by atoms with Crippen molar-refractivity contribution in [2.75, 3.05) is 5.73 Å². The van der Waals surface area contributed by atoms with E-state index in [0.717, 1.165) is 37.1 Å². The largest absolute Gasteiger partial charge is 0.368 e. The van der Waals surface area contributed by atoms with Crippen LogP contribution in [0.5, 0.6) is 0 Å². The van der Waals surface area contributed by atoms with E-state index in [1.807, 2.05) is 0 Å². The molecule has 0 unspecified atom stereocenters. The number of aromatic nitrogens is 2. The molecule has 2 rings (SSSR count). The maximum absolute atomic E-state index is 9.12. The second-order valence-corrected chi connectivity index (χ2v) is 3.92. The molecule has 1 aliphatic carbocycles. The fourth-order valence-electron chi connectivity index (χ4n) is 1.74. The molecule has 0 aromatic carbocycles. The Kier molecular flexibility index (Phi) is 2.55. The van der Waals surface area contributed by atoms with Crippen LogP contribution in [0, 0.1) is 11.3 Å². The van der Waals surface area contributed by atoms with Crippen LogP contribution < -0.4 is 5.73 Å². The average molecular weight is 202 g/mol. The number of hydrogen-bond donors (Lipinski definition) is 1. The molecule has 1 aromatic heterocycles. The number of nitrogens with two attached hydrogens (primary N) is 1. The lowest BCUT2D eigenvalue weighted by atomic mass is 10.1. The summed E-state index contributed by atoms with van der Waals surface area (Å²) in [6, 6.07) is 2.22. The van der Waals surface area contributed by atoms with Gasteiger partial charge in [-0.2, -0.15) is 5.26 Å². The molecule has 15 heavy (non-hydrogen) atoms. The third-order valence-electron chi connectivity index (χ3n) is 2.59. The molecule has 1 heterocycles. The van der Waals surface area contributed by atoms with Gasteiger partial charge in [-0.3, -0.25) is 0 Å². The molecule has 0 atom stereocenters. The van der Waals surface area contributed by atoms with Crippen molar-refractivity contribution < 1.29 is 0 Å². The molecule has 0 bridgehead atoms. The minimum atomic E-state index is 0.305.